The van der Waals surface area contributed by atoms with Crippen molar-refractivity contribution in [1.29, 1.82) is 0 Å². The van der Waals surface area contributed by atoms with E-state index in [1.54, 1.807) is 12.1 Å². The summed E-state index contributed by atoms with van der Waals surface area (Å²) in [4.78, 5) is 0. The highest BCUT2D eigenvalue weighted by Gasteiger charge is 2.44. The standard InChI is InChI=1S/C21H25ClO6.2C3H8O2.H2O/c1-2-27-15-6-3-12(4-7-15)9-14-10-13(5-8-16(14)22)21-20(26)19(25)18(24)17(11-23)28-21;2*1-3(5)2-4;/h3-8,10,17-21,23-26H,2,9,11H2,1H3;2*3-5H,2H2,1H3;1H2/t17-,18-,19+,20-,21+;2*3-;/m111./s1. The molecule has 0 bridgehead atoms. The van der Waals surface area contributed by atoms with Gasteiger partial charge >= 0.3 is 0 Å². The van der Waals surface area contributed by atoms with Gasteiger partial charge in [-0.15, -0.1) is 0 Å². The zero-order valence-electron chi connectivity index (χ0n) is 22.4. The summed E-state index contributed by atoms with van der Waals surface area (Å²) >= 11 is 6.35. The van der Waals surface area contributed by atoms with Crippen molar-refractivity contribution in [2.24, 2.45) is 0 Å². The highest BCUT2D eigenvalue weighted by molar-refractivity contribution is 6.31. The average molecular weight is 579 g/mol. The molecule has 0 amide bonds. The van der Waals surface area contributed by atoms with Crippen molar-refractivity contribution in [3.05, 3.63) is 64.2 Å². The molecule has 1 heterocycles. The first-order valence-corrected chi connectivity index (χ1v) is 12.7. The Labute approximate surface area is 233 Å². The second-order valence-electron chi connectivity index (χ2n) is 8.92. The molecule has 7 atom stereocenters. The van der Waals surface area contributed by atoms with Gasteiger partial charge in [0.15, 0.2) is 0 Å². The Bertz CT molecular complexity index is 901. The Hall–Kier alpha value is -1.87. The van der Waals surface area contributed by atoms with Crippen molar-refractivity contribution in [2.75, 3.05) is 26.4 Å². The number of aliphatic hydroxyl groups excluding tert-OH is 8. The molecule has 0 unspecified atom stereocenters. The molecule has 0 aromatic heterocycles. The van der Waals surface area contributed by atoms with Crippen molar-refractivity contribution in [3.63, 3.8) is 0 Å². The fourth-order valence-electron chi connectivity index (χ4n) is 3.37. The van der Waals surface area contributed by atoms with Gasteiger partial charge in [0.1, 0.15) is 36.3 Å². The number of halogens is 1. The maximum Gasteiger partial charge on any atom is 0.119 e. The van der Waals surface area contributed by atoms with Crippen LogP contribution in [0, 0.1) is 0 Å². The molecular formula is C27H43ClO11. The summed E-state index contributed by atoms with van der Waals surface area (Å²) in [5.41, 5.74) is 2.49. The molecule has 0 radical (unpaired) electrons. The van der Waals surface area contributed by atoms with Gasteiger partial charge in [0.05, 0.1) is 38.6 Å². The quantitative estimate of drug-likeness (QED) is 0.205. The number of benzene rings is 2. The fourth-order valence-corrected chi connectivity index (χ4v) is 3.56. The molecular weight excluding hydrogens is 536 g/mol. The molecule has 0 saturated carbocycles. The molecule has 3 rings (SSSR count). The fraction of sp³-hybridized carbons (Fsp3) is 0.556. The molecule has 0 aliphatic carbocycles. The molecule has 39 heavy (non-hydrogen) atoms. The summed E-state index contributed by atoms with van der Waals surface area (Å²) in [6.07, 6.45) is -6.51. The Morgan fingerprint density at radius 2 is 1.41 bits per heavy atom. The van der Waals surface area contributed by atoms with E-state index >= 15 is 0 Å². The van der Waals surface area contributed by atoms with Crippen molar-refractivity contribution in [2.45, 2.75) is 69.9 Å². The van der Waals surface area contributed by atoms with Crippen LogP contribution in [0.3, 0.4) is 0 Å². The lowest BCUT2D eigenvalue weighted by atomic mass is 9.90. The van der Waals surface area contributed by atoms with Crippen LogP contribution in [0.15, 0.2) is 42.5 Å². The van der Waals surface area contributed by atoms with Crippen molar-refractivity contribution in [3.8, 4) is 5.75 Å². The summed E-state index contributed by atoms with van der Waals surface area (Å²) in [5.74, 6) is 0.799. The van der Waals surface area contributed by atoms with Gasteiger partial charge in [-0.05, 0) is 62.1 Å². The highest BCUT2D eigenvalue weighted by atomic mass is 35.5. The monoisotopic (exact) mass is 578 g/mol. The van der Waals surface area contributed by atoms with Gasteiger partial charge in [-0.3, -0.25) is 0 Å². The molecule has 224 valence electrons. The number of aliphatic hydroxyl groups is 8. The van der Waals surface area contributed by atoms with Crippen LogP contribution in [0.5, 0.6) is 5.75 Å². The van der Waals surface area contributed by atoms with E-state index in [0.29, 0.717) is 23.6 Å². The van der Waals surface area contributed by atoms with E-state index in [0.717, 1.165) is 16.9 Å². The molecule has 1 aliphatic heterocycles. The topological polar surface area (TPSA) is 212 Å². The first-order valence-electron chi connectivity index (χ1n) is 12.4. The van der Waals surface area contributed by atoms with E-state index in [9.17, 15) is 20.4 Å². The minimum absolute atomic E-state index is 0. The summed E-state index contributed by atoms with van der Waals surface area (Å²) in [6, 6.07) is 12.9. The van der Waals surface area contributed by atoms with Crippen LogP contribution >= 0.6 is 11.6 Å². The maximum absolute atomic E-state index is 10.3. The van der Waals surface area contributed by atoms with Gasteiger partial charge < -0.3 is 55.8 Å². The molecule has 11 nitrogen and oxygen atoms in total. The minimum atomic E-state index is -1.42. The summed E-state index contributed by atoms with van der Waals surface area (Å²) in [6.45, 7) is 4.85. The summed E-state index contributed by atoms with van der Waals surface area (Å²) < 4.78 is 11.1. The Morgan fingerprint density at radius 1 is 0.872 bits per heavy atom. The number of rotatable bonds is 8. The zero-order chi connectivity index (χ0) is 28.8. The Morgan fingerprint density at radius 3 is 1.87 bits per heavy atom. The van der Waals surface area contributed by atoms with Crippen molar-refractivity contribution < 1.29 is 55.8 Å². The molecule has 2 aromatic carbocycles. The average Bonchev–Trinajstić information content (AvgIpc) is 2.91. The van der Waals surface area contributed by atoms with Crippen LogP contribution in [0.1, 0.15) is 43.6 Å². The highest BCUT2D eigenvalue weighted by Crippen LogP contribution is 2.34. The Kier molecular flexibility index (Phi) is 18.3. The van der Waals surface area contributed by atoms with Gasteiger partial charge in [-0.2, -0.15) is 0 Å². The molecule has 12 heteroatoms. The van der Waals surface area contributed by atoms with Crippen LogP contribution in [0.4, 0.5) is 0 Å². The first kappa shape index (κ1) is 37.1. The van der Waals surface area contributed by atoms with E-state index in [1.165, 1.54) is 13.8 Å². The molecule has 0 spiro atoms. The number of hydrogen-bond donors (Lipinski definition) is 8. The first-order chi connectivity index (χ1) is 18.0. The molecule has 1 aliphatic rings. The largest absolute Gasteiger partial charge is 0.494 e. The van der Waals surface area contributed by atoms with Gasteiger partial charge in [0.2, 0.25) is 0 Å². The lowest BCUT2D eigenvalue weighted by molar-refractivity contribution is -0.231. The number of hydrogen-bond acceptors (Lipinski definition) is 10. The van der Waals surface area contributed by atoms with Gasteiger partial charge in [-0.1, -0.05) is 35.9 Å². The SMILES string of the molecule is CCOc1ccc(Cc2cc([C@@H]3O[C@H](CO)[C@@H](O)[C@H](O)[C@H]3O)ccc2Cl)cc1.C[C@@H](O)CO.C[C@@H](O)CO.O. The predicted molar refractivity (Wildman–Crippen MR) is 146 cm³/mol. The third kappa shape index (κ3) is 12.5. The lowest BCUT2D eigenvalue weighted by Gasteiger charge is -2.40. The second-order valence-corrected chi connectivity index (χ2v) is 9.32. The lowest BCUT2D eigenvalue weighted by Crippen LogP contribution is -2.55. The normalized spacial score (nSPS) is 23.6. The van der Waals surface area contributed by atoms with E-state index in [4.69, 9.17) is 41.5 Å². The van der Waals surface area contributed by atoms with Gasteiger partial charge in [0, 0.05) is 5.02 Å². The summed E-state index contributed by atoms with van der Waals surface area (Å²) in [5, 5.41) is 72.3. The Balaban J connectivity index is 0.00000113. The predicted octanol–water partition coefficient (Wildman–Crippen LogP) is -0.261. The van der Waals surface area contributed by atoms with Gasteiger partial charge in [0.25, 0.3) is 0 Å². The van der Waals surface area contributed by atoms with E-state index in [1.807, 2.05) is 37.3 Å². The summed E-state index contributed by atoms with van der Waals surface area (Å²) in [7, 11) is 0. The minimum Gasteiger partial charge on any atom is -0.494 e. The zero-order valence-corrected chi connectivity index (χ0v) is 23.1. The van der Waals surface area contributed by atoms with Crippen LogP contribution in [0.2, 0.25) is 5.02 Å². The molecule has 10 N–H and O–H groups in total. The van der Waals surface area contributed by atoms with Crippen molar-refractivity contribution in [1.82, 2.24) is 0 Å². The number of ether oxygens (including phenoxy) is 2. The van der Waals surface area contributed by atoms with Crippen LogP contribution < -0.4 is 4.74 Å². The molecule has 1 fully saturated rings. The molecule has 2 aromatic rings. The third-order valence-electron chi connectivity index (χ3n) is 5.45. The second kappa shape index (κ2) is 19.2. The van der Waals surface area contributed by atoms with E-state index in [2.05, 4.69) is 0 Å². The van der Waals surface area contributed by atoms with Crippen molar-refractivity contribution >= 4 is 11.6 Å². The van der Waals surface area contributed by atoms with Crippen LogP contribution in [0.25, 0.3) is 0 Å². The molecule has 1 saturated heterocycles. The third-order valence-corrected chi connectivity index (χ3v) is 5.82. The van der Waals surface area contributed by atoms with Crippen LogP contribution in [-0.4, -0.2) is 109 Å². The van der Waals surface area contributed by atoms with Crippen LogP contribution in [-0.2, 0) is 11.2 Å². The van der Waals surface area contributed by atoms with Gasteiger partial charge in [-0.25, -0.2) is 0 Å². The smallest absolute Gasteiger partial charge is 0.119 e. The van der Waals surface area contributed by atoms with E-state index < -0.39 is 49.3 Å². The van der Waals surface area contributed by atoms with E-state index in [-0.39, 0.29) is 18.7 Å². The maximum atomic E-state index is 10.3.